The van der Waals surface area contributed by atoms with Crippen LogP contribution in [0.15, 0.2) is 18.2 Å². The second kappa shape index (κ2) is 5.53. The third-order valence-electron chi connectivity index (χ3n) is 3.06. The van der Waals surface area contributed by atoms with Gasteiger partial charge in [0.2, 0.25) is 0 Å². The molecule has 3 heteroatoms. The molecule has 1 atom stereocenters. The highest BCUT2D eigenvalue weighted by atomic mass is 16.5. The Bertz CT molecular complexity index is 433. The molecule has 0 aromatic heterocycles. The molecule has 0 saturated carbocycles. The fourth-order valence-electron chi connectivity index (χ4n) is 2.10. The lowest BCUT2D eigenvalue weighted by Gasteiger charge is -2.24. The summed E-state index contributed by atoms with van der Waals surface area (Å²) < 4.78 is 5.40. The van der Waals surface area contributed by atoms with Gasteiger partial charge in [-0.3, -0.25) is 4.79 Å². The van der Waals surface area contributed by atoms with Crippen molar-refractivity contribution in [1.82, 2.24) is 5.32 Å². The van der Waals surface area contributed by atoms with Gasteiger partial charge in [0.25, 0.3) is 0 Å². The molecule has 0 fully saturated rings. The fourth-order valence-corrected chi connectivity index (χ4v) is 2.10. The van der Waals surface area contributed by atoms with Gasteiger partial charge in [-0.15, -0.1) is 0 Å². The van der Waals surface area contributed by atoms with Gasteiger partial charge in [0.05, 0.1) is 13.2 Å². The zero-order valence-corrected chi connectivity index (χ0v) is 12.1. The van der Waals surface area contributed by atoms with E-state index in [4.69, 9.17) is 4.74 Å². The summed E-state index contributed by atoms with van der Waals surface area (Å²) in [6.07, 6.45) is 0. The van der Waals surface area contributed by atoms with Crippen LogP contribution in [0.4, 0.5) is 0 Å². The molecule has 1 aromatic carbocycles. The molecule has 0 bridgehead atoms. The number of methoxy groups -OCH3 is 1. The smallest absolute Gasteiger partial charge is 0.151 e. The number of Topliss-reactive ketones (excluding diaryl/α,β-unsaturated/α-hetero) is 1. The van der Waals surface area contributed by atoms with Gasteiger partial charge in [-0.05, 0) is 42.6 Å². The van der Waals surface area contributed by atoms with Gasteiger partial charge >= 0.3 is 0 Å². The number of carbonyl (C=O) groups excluding carboxylic acids is 1. The van der Waals surface area contributed by atoms with Crippen LogP contribution >= 0.6 is 0 Å². The number of ketones is 1. The second-order valence-corrected chi connectivity index (χ2v) is 5.54. The first kappa shape index (κ1) is 14.7. The van der Waals surface area contributed by atoms with E-state index in [9.17, 15) is 4.79 Å². The van der Waals surface area contributed by atoms with Crippen LogP contribution in [0.3, 0.4) is 0 Å². The minimum atomic E-state index is -0.253. The average molecular weight is 249 g/mol. The van der Waals surface area contributed by atoms with Crippen LogP contribution in [0, 0.1) is 0 Å². The number of hydrogen-bond acceptors (Lipinski definition) is 3. The van der Waals surface area contributed by atoms with Crippen molar-refractivity contribution < 1.29 is 9.53 Å². The summed E-state index contributed by atoms with van der Waals surface area (Å²) in [5.74, 6) is 0.979. The van der Waals surface area contributed by atoms with Crippen LogP contribution in [-0.2, 0) is 10.2 Å². The van der Waals surface area contributed by atoms with E-state index < -0.39 is 0 Å². The fraction of sp³-hybridized carbons (Fsp3) is 0.533. The maximum atomic E-state index is 11.6. The van der Waals surface area contributed by atoms with E-state index in [1.807, 2.05) is 12.1 Å². The zero-order valence-electron chi connectivity index (χ0n) is 12.1. The second-order valence-electron chi connectivity index (χ2n) is 5.54. The quantitative estimate of drug-likeness (QED) is 0.891. The van der Waals surface area contributed by atoms with Crippen LogP contribution in [0.5, 0.6) is 5.75 Å². The molecule has 1 unspecified atom stereocenters. The predicted octanol–water partition coefficient (Wildman–Crippen LogP) is 2.84. The van der Waals surface area contributed by atoms with Gasteiger partial charge in [-0.25, -0.2) is 0 Å². The standard InChI is InChI=1S/C15H23NO2/c1-10(17)14(16-5)11-7-8-13(18-6)12(9-11)15(2,3)4/h7-9,14,16H,1-6H3. The van der Waals surface area contributed by atoms with E-state index in [1.54, 1.807) is 21.1 Å². The van der Waals surface area contributed by atoms with E-state index in [0.29, 0.717) is 0 Å². The first-order chi connectivity index (χ1) is 8.31. The number of hydrogen-bond donors (Lipinski definition) is 1. The monoisotopic (exact) mass is 249 g/mol. The molecule has 0 saturated heterocycles. The Labute approximate surface area is 110 Å². The highest BCUT2D eigenvalue weighted by Gasteiger charge is 2.22. The maximum Gasteiger partial charge on any atom is 0.151 e. The average Bonchev–Trinajstić information content (AvgIpc) is 2.28. The minimum absolute atomic E-state index is 0.0174. The molecule has 0 radical (unpaired) electrons. The lowest BCUT2D eigenvalue weighted by Crippen LogP contribution is -2.24. The minimum Gasteiger partial charge on any atom is -0.496 e. The van der Waals surface area contributed by atoms with Crippen molar-refractivity contribution in [2.75, 3.05) is 14.2 Å². The van der Waals surface area contributed by atoms with Crippen molar-refractivity contribution in [3.05, 3.63) is 29.3 Å². The molecule has 100 valence electrons. The van der Waals surface area contributed by atoms with Gasteiger partial charge < -0.3 is 10.1 Å². The zero-order chi connectivity index (χ0) is 13.9. The number of rotatable bonds is 4. The van der Waals surface area contributed by atoms with Gasteiger partial charge in [-0.1, -0.05) is 26.8 Å². The van der Waals surface area contributed by atoms with Crippen LogP contribution < -0.4 is 10.1 Å². The summed E-state index contributed by atoms with van der Waals surface area (Å²) in [7, 11) is 3.47. The molecule has 1 aromatic rings. The molecule has 18 heavy (non-hydrogen) atoms. The third kappa shape index (κ3) is 3.10. The first-order valence-electron chi connectivity index (χ1n) is 6.17. The SMILES string of the molecule is CNC(C(C)=O)c1ccc(OC)c(C(C)(C)C)c1. The summed E-state index contributed by atoms with van der Waals surface area (Å²) in [5.41, 5.74) is 2.08. The van der Waals surface area contributed by atoms with Crippen molar-refractivity contribution in [2.45, 2.75) is 39.2 Å². The van der Waals surface area contributed by atoms with Gasteiger partial charge in [-0.2, -0.15) is 0 Å². The summed E-state index contributed by atoms with van der Waals surface area (Å²) >= 11 is 0. The Kier molecular flexibility index (Phi) is 4.52. The van der Waals surface area contributed by atoms with Gasteiger partial charge in [0.15, 0.2) is 5.78 Å². The molecule has 0 amide bonds. The number of likely N-dealkylation sites (N-methyl/N-ethyl adjacent to an activating group) is 1. The van der Waals surface area contributed by atoms with Crippen molar-refractivity contribution in [3.8, 4) is 5.75 Å². The molecule has 0 heterocycles. The van der Waals surface area contributed by atoms with Crippen LogP contribution in [0.1, 0.15) is 44.9 Å². The predicted molar refractivity (Wildman–Crippen MR) is 74.2 cm³/mol. The normalized spacial score (nSPS) is 13.2. The maximum absolute atomic E-state index is 11.6. The van der Waals surface area contributed by atoms with E-state index >= 15 is 0 Å². The Hall–Kier alpha value is -1.35. The molecule has 3 nitrogen and oxygen atoms in total. The van der Waals surface area contributed by atoms with Crippen molar-refractivity contribution >= 4 is 5.78 Å². The van der Waals surface area contributed by atoms with Crippen molar-refractivity contribution in [2.24, 2.45) is 0 Å². The van der Waals surface area contributed by atoms with Crippen LogP contribution in [0.2, 0.25) is 0 Å². The lowest BCUT2D eigenvalue weighted by molar-refractivity contribution is -0.119. The van der Waals surface area contributed by atoms with E-state index in [0.717, 1.165) is 16.9 Å². The lowest BCUT2D eigenvalue weighted by atomic mass is 9.84. The summed E-state index contributed by atoms with van der Waals surface area (Å²) in [5, 5.41) is 3.04. The highest BCUT2D eigenvalue weighted by Crippen LogP contribution is 2.33. The van der Waals surface area contributed by atoms with Crippen LogP contribution in [-0.4, -0.2) is 19.9 Å². The molecular formula is C15H23NO2. The highest BCUT2D eigenvalue weighted by molar-refractivity contribution is 5.83. The Balaban J connectivity index is 3.30. The Morgan fingerprint density at radius 2 is 1.94 bits per heavy atom. The van der Waals surface area contributed by atoms with Crippen LogP contribution in [0.25, 0.3) is 0 Å². The molecular weight excluding hydrogens is 226 g/mol. The number of benzene rings is 1. The third-order valence-corrected chi connectivity index (χ3v) is 3.06. The molecule has 0 spiro atoms. The summed E-state index contributed by atoms with van der Waals surface area (Å²) in [6.45, 7) is 8.01. The molecule has 1 N–H and O–H groups in total. The molecule has 0 aliphatic rings. The van der Waals surface area contributed by atoms with E-state index in [-0.39, 0.29) is 17.2 Å². The van der Waals surface area contributed by atoms with Gasteiger partial charge in [0.1, 0.15) is 5.75 Å². The Morgan fingerprint density at radius 3 is 2.33 bits per heavy atom. The first-order valence-corrected chi connectivity index (χ1v) is 6.17. The van der Waals surface area contributed by atoms with Gasteiger partial charge in [0, 0.05) is 0 Å². The molecule has 0 aliphatic carbocycles. The largest absolute Gasteiger partial charge is 0.496 e. The molecule has 1 rings (SSSR count). The summed E-state index contributed by atoms with van der Waals surface area (Å²) in [6, 6.07) is 5.68. The van der Waals surface area contributed by atoms with Crippen molar-refractivity contribution in [1.29, 1.82) is 0 Å². The number of nitrogens with one attached hydrogen (secondary N) is 1. The van der Waals surface area contributed by atoms with E-state index in [1.165, 1.54) is 0 Å². The van der Waals surface area contributed by atoms with Crippen molar-refractivity contribution in [3.63, 3.8) is 0 Å². The summed E-state index contributed by atoms with van der Waals surface area (Å²) in [4.78, 5) is 11.6. The Morgan fingerprint density at radius 1 is 1.33 bits per heavy atom. The topological polar surface area (TPSA) is 38.3 Å². The van der Waals surface area contributed by atoms with E-state index in [2.05, 4.69) is 32.2 Å². The number of carbonyl (C=O) groups is 1. The number of ether oxygens (including phenoxy) is 1. The molecule has 0 aliphatic heterocycles.